The predicted octanol–water partition coefficient (Wildman–Crippen LogP) is 1.77. The first-order chi connectivity index (χ1) is 8.38. The highest BCUT2D eigenvalue weighted by atomic mass is 16.5. The molecule has 0 aliphatic heterocycles. The van der Waals surface area contributed by atoms with Crippen molar-refractivity contribution in [3.05, 3.63) is 54.0 Å². The van der Waals surface area contributed by atoms with Gasteiger partial charge in [-0.05, 0) is 23.8 Å². The van der Waals surface area contributed by atoms with Crippen molar-refractivity contribution in [2.75, 3.05) is 7.11 Å². The Labute approximate surface area is 101 Å². The van der Waals surface area contributed by atoms with E-state index in [0.29, 0.717) is 5.88 Å². The Kier molecular flexibility index (Phi) is 4.05. The summed E-state index contributed by atoms with van der Waals surface area (Å²) in [6, 6.07) is 9.74. The van der Waals surface area contributed by atoms with Crippen molar-refractivity contribution in [3.63, 3.8) is 0 Å². The Morgan fingerprint density at radius 3 is 2.71 bits per heavy atom. The Bertz CT molecular complexity index is 459. The predicted molar refractivity (Wildman–Crippen MR) is 65.6 cm³/mol. The van der Waals surface area contributed by atoms with Gasteiger partial charge in [-0.15, -0.1) is 0 Å². The fourth-order valence-electron chi connectivity index (χ4n) is 1.51. The zero-order chi connectivity index (χ0) is 11.9. The average molecular weight is 229 g/mol. The number of pyridine rings is 2. The highest BCUT2D eigenvalue weighted by molar-refractivity contribution is 5.16. The fourth-order valence-corrected chi connectivity index (χ4v) is 1.51. The van der Waals surface area contributed by atoms with Gasteiger partial charge in [0, 0.05) is 31.5 Å². The number of aromatic nitrogens is 2. The molecule has 2 heterocycles. The molecule has 4 heteroatoms. The molecule has 2 aromatic heterocycles. The van der Waals surface area contributed by atoms with Gasteiger partial charge in [0.1, 0.15) is 0 Å². The second-order valence-corrected chi connectivity index (χ2v) is 3.63. The topological polar surface area (TPSA) is 47.0 Å². The van der Waals surface area contributed by atoms with Crippen LogP contribution in [0.15, 0.2) is 42.7 Å². The third-order valence-electron chi connectivity index (χ3n) is 2.37. The normalized spacial score (nSPS) is 10.2. The molecule has 0 unspecified atom stereocenters. The molecular weight excluding hydrogens is 214 g/mol. The van der Waals surface area contributed by atoms with E-state index < -0.39 is 0 Å². The number of methoxy groups -OCH3 is 1. The van der Waals surface area contributed by atoms with E-state index in [1.54, 1.807) is 19.5 Å². The van der Waals surface area contributed by atoms with Gasteiger partial charge < -0.3 is 10.1 Å². The molecule has 0 bridgehead atoms. The minimum atomic E-state index is 0.646. The monoisotopic (exact) mass is 229 g/mol. The summed E-state index contributed by atoms with van der Waals surface area (Å²) in [5, 5.41) is 3.32. The van der Waals surface area contributed by atoms with Crippen molar-refractivity contribution in [1.29, 1.82) is 0 Å². The molecule has 0 aromatic carbocycles. The van der Waals surface area contributed by atoms with Crippen molar-refractivity contribution in [3.8, 4) is 5.88 Å². The van der Waals surface area contributed by atoms with Crippen molar-refractivity contribution < 1.29 is 4.74 Å². The van der Waals surface area contributed by atoms with Crippen LogP contribution in [0.5, 0.6) is 5.88 Å². The second kappa shape index (κ2) is 5.96. The summed E-state index contributed by atoms with van der Waals surface area (Å²) >= 11 is 0. The minimum absolute atomic E-state index is 0.646. The summed E-state index contributed by atoms with van der Waals surface area (Å²) in [6.45, 7) is 1.53. The molecule has 0 fully saturated rings. The number of nitrogens with one attached hydrogen (secondary N) is 1. The minimum Gasteiger partial charge on any atom is -0.481 e. The maximum absolute atomic E-state index is 5.07. The van der Waals surface area contributed by atoms with Gasteiger partial charge in [-0.2, -0.15) is 0 Å². The van der Waals surface area contributed by atoms with E-state index in [1.807, 2.05) is 30.3 Å². The first kappa shape index (κ1) is 11.5. The van der Waals surface area contributed by atoms with Crippen LogP contribution in [-0.4, -0.2) is 17.1 Å². The number of ether oxygens (including phenoxy) is 1. The quantitative estimate of drug-likeness (QED) is 0.849. The maximum atomic E-state index is 5.07. The van der Waals surface area contributed by atoms with Crippen LogP contribution in [0.1, 0.15) is 11.3 Å². The number of nitrogens with zero attached hydrogens (tertiary/aromatic N) is 2. The van der Waals surface area contributed by atoms with E-state index in [4.69, 9.17) is 4.74 Å². The first-order valence-electron chi connectivity index (χ1n) is 5.48. The summed E-state index contributed by atoms with van der Waals surface area (Å²) in [6.07, 6.45) is 3.58. The summed E-state index contributed by atoms with van der Waals surface area (Å²) in [5.74, 6) is 0.646. The molecule has 2 rings (SSSR count). The lowest BCUT2D eigenvalue weighted by Gasteiger charge is -2.05. The van der Waals surface area contributed by atoms with Crippen LogP contribution < -0.4 is 10.1 Å². The van der Waals surface area contributed by atoms with Gasteiger partial charge in [0.25, 0.3) is 0 Å². The molecule has 88 valence electrons. The van der Waals surface area contributed by atoms with Gasteiger partial charge in [0.05, 0.1) is 12.8 Å². The van der Waals surface area contributed by atoms with E-state index >= 15 is 0 Å². The molecule has 0 aliphatic rings. The molecule has 4 nitrogen and oxygen atoms in total. The molecule has 0 aliphatic carbocycles. The highest BCUT2D eigenvalue weighted by Crippen LogP contribution is 2.06. The SMILES string of the molecule is COc1cccc(CNCc2ccncc2)n1. The summed E-state index contributed by atoms with van der Waals surface area (Å²) < 4.78 is 5.07. The molecule has 0 amide bonds. The van der Waals surface area contributed by atoms with Gasteiger partial charge >= 0.3 is 0 Å². The number of hydrogen-bond donors (Lipinski definition) is 1. The second-order valence-electron chi connectivity index (χ2n) is 3.63. The van der Waals surface area contributed by atoms with Crippen molar-refractivity contribution >= 4 is 0 Å². The van der Waals surface area contributed by atoms with E-state index in [0.717, 1.165) is 18.8 Å². The fraction of sp³-hybridized carbons (Fsp3) is 0.231. The lowest BCUT2D eigenvalue weighted by molar-refractivity contribution is 0.395. The van der Waals surface area contributed by atoms with Crippen LogP contribution in [0.2, 0.25) is 0 Å². The van der Waals surface area contributed by atoms with Crippen molar-refractivity contribution in [1.82, 2.24) is 15.3 Å². The van der Waals surface area contributed by atoms with E-state index in [1.165, 1.54) is 5.56 Å². The smallest absolute Gasteiger partial charge is 0.213 e. The Morgan fingerprint density at radius 1 is 1.12 bits per heavy atom. The molecule has 0 saturated heterocycles. The van der Waals surface area contributed by atoms with Gasteiger partial charge in [-0.1, -0.05) is 6.07 Å². The van der Waals surface area contributed by atoms with Crippen molar-refractivity contribution in [2.24, 2.45) is 0 Å². The molecule has 1 N–H and O–H groups in total. The van der Waals surface area contributed by atoms with E-state index in [-0.39, 0.29) is 0 Å². The van der Waals surface area contributed by atoms with Gasteiger partial charge in [-0.25, -0.2) is 4.98 Å². The zero-order valence-corrected chi connectivity index (χ0v) is 9.76. The molecule has 0 radical (unpaired) electrons. The van der Waals surface area contributed by atoms with Gasteiger partial charge in [0.15, 0.2) is 0 Å². The van der Waals surface area contributed by atoms with Crippen LogP contribution in [-0.2, 0) is 13.1 Å². The van der Waals surface area contributed by atoms with E-state index in [2.05, 4.69) is 15.3 Å². The van der Waals surface area contributed by atoms with Crippen LogP contribution in [0, 0.1) is 0 Å². The summed E-state index contributed by atoms with van der Waals surface area (Å²) in [4.78, 5) is 8.30. The van der Waals surface area contributed by atoms with Crippen LogP contribution in [0.4, 0.5) is 0 Å². The van der Waals surface area contributed by atoms with Crippen LogP contribution in [0.3, 0.4) is 0 Å². The maximum Gasteiger partial charge on any atom is 0.213 e. The standard InChI is InChI=1S/C13H15N3O/c1-17-13-4-2-3-12(16-13)10-15-9-11-5-7-14-8-6-11/h2-8,15H,9-10H2,1H3. The molecule has 0 spiro atoms. The third kappa shape index (κ3) is 3.53. The largest absolute Gasteiger partial charge is 0.481 e. The van der Waals surface area contributed by atoms with Crippen LogP contribution >= 0.6 is 0 Å². The number of hydrogen-bond acceptors (Lipinski definition) is 4. The molecule has 2 aromatic rings. The van der Waals surface area contributed by atoms with Gasteiger partial charge in [0.2, 0.25) is 5.88 Å². The number of rotatable bonds is 5. The van der Waals surface area contributed by atoms with E-state index in [9.17, 15) is 0 Å². The van der Waals surface area contributed by atoms with Crippen LogP contribution in [0.25, 0.3) is 0 Å². The Hall–Kier alpha value is -1.94. The Balaban J connectivity index is 1.86. The third-order valence-corrected chi connectivity index (χ3v) is 2.37. The highest BCUT2D eigenvalue weighted by Gasteiger charge is 1.97. The summed E-state index contributed by atoms with van der Waals surface area (Å²) in [7, 11) is 1.62. The lowest BCUT2D eigenvalue weighted by Crippen LogP contribution is -2.13. The first-order valence-corrected chi connectivity index (χ1v) is 5.48. The zero-order valence-electron chi connectivity index (χ0n) is 9.76. The summed E-state index contributed by atoms with van der Waals surface area (Å²) in [5.41, 5.74) is 2.18. The average Bonchev–Trinajstić information content (AvgIpc) is 2.40. The lowest BCUT2D eigenvalue weighted by atomic mass is 10.2. The Morgan fingerprint density at radius 2 is 1.94 bits per heavy atom. The molecule has 0 atom stereocenters. The van der Waals surface area contributed by atoms with Crippen molar-refractivity contribution in [2.45, 2.75) is 13.1 Å². The van der Waals surface area contributed by atoms with Gasteiger partial charge in [-0.3, -0.25) is 4.98 Å². The molecule has 0 saturated carbocycles. The molecular formula is C13H15N3O. The molecule has 17 heavy (non-hydrogen) atoms.